The van der Waals surface area contributed by atoms with Crippen molar-refractivity contribution in [3.05, 3.63) is 71.8 Å². The third kappa shape index (κ3) is 8.71. The molecule has 1 aliphatic rings. The minimum absolute atomic E-state index is 0.155. The summed E-state index contributed by atoms with van der Waals surface area (Å²) in [5, 5.41) is 7.79. The third-order valence-corrected chi connectivity index (χ3v) is 12.2. The van der Waals surface area contributed by atoms with Crippen LogP contribution < -0.4 is 0 Å². The van der Waals surface area contributed by atoms with Gasteiger partial charge in [-0.15, -0.1) is 0 Å². The van der Waals surface area contributed by atoms with E-state index in [1.807, 2.05) is 33.9 Å². The zero-order chi connectivity index (χ0) is 32.2. The number of halogens is 3. The van der Waals surface area contributed by atoms with Crippen LogP contribution in [0.15, 0.2) is 60.7 Å². The molecule has 0 unspecified atom stereocenters. The molecule has 10 nitrogen and oxygen atoms in total. The van der Waals surface area contributed by atoms with Gasteiger partial charge in [-0.3, -0.25) is 5.41 Å². The second-order valence-corrected chi connectivity index (χ2v) is 18.2. The highest BCUT2D eigenvalue weighted by atomic mass is 35.6. The number of esters is 3. The van der Waals surface area contributed by atoms with Gasteiger partial charge in [-0.25, -0.2) is 14.4 Å². The number of benzene rings is 2. The van der Waals surface area contributed by atoms with E-state index in [0.717, 1.165) is 7.11 Å². The second kappa shape index (κ2) is 14.0. The molecule has 234 valence electrons. The smallest absolute Gasteiger partial charge is 0.338 e. The Morgan fingerprint density at radius 1 is 0.791 bits per heavy atom. The summed E-state index contributed by atoms with van der Waals surface area (Å²) < 4.78 is 32.6. The van der Waals surface area contributed by atoms with Crippen LogP contribution >= 0.6 is 34.8 Å². The van der Waals surface area contributed by atoms with Gasteiger partial charge in [0, 0.05) is 0 Å². The van der Waals surface area contributed by atoms with Crippen molar-refractivity contribution in [1.29, 1.82) is 5.41 Å². The predicted molar refractivity (Wildman–Crippen MR) is 163 cm³/mol. The number of methoxy groups -OCH3 is 1. The van der Waals surface area contributed by atoms with E-state index in [-0.39, 0.29) is 16.2 Å². The summed E-state index contributed by atoms with van der Waals surface area (Å²) in [6.45, 7) is 9.76. The number of alkyl halides is 3. The monoisotopic (exact) mass is 673 g/mol. The zero-order valence-corrected chi connectivity index (χ0v) is 27.7. The number of rotatable bonds is 8. The van der Waals surface area contributed by atoms with E-state index in [1.54, 1.807) is 36.4 Å². The summed E-state index contributed by atoms with van der Waals surface area (Å²) >= 11 is 17.6. The molecule has 0 aliphatic carbocycles. The first kappa shape index (κ1) is 34.8. The van der Waals surface area contributed by atoms with E-state index < -0.39 is 66.6 Å². The van der Waals surface area contributed by atoms with E-state index in [0.29, 0.717) is 0 Å². The molecule has 0 saturated carbocycles. The van der Waals surface area contributed by atoms with Gasteiger partial charge in [0.15, 0.2) is 20.5 Å². The van der Waals surface area contributed by atoms with Crippen molar-refractivity contribution in [2.45, 2.75) is 73.4 Å². The van der Waals surface area contributed by atoms with Crippen molar-refractivity contribution < 1.29 is 42.5 Å². The number of ether oxygens (including phenoxy) is 5. The molecule has 14 heteroatoms. The van der Waals surface area contributed by atoms with Crippen LogP contribution in [-0.2, 0) is 32.9 Å². The fourth-order valence-electron chi connectivity index (χ4n) is 3.83. The maximum Gasteiger partial charge on any atom is 0.338 e. The average molecular weight is 675 g/mol. The quantitative estimate of drug-likeness (QED) is 0.0883. The maximum atomic E-state index is 13.4. The first-order chi connectivity index (χ1) is 20.0. The Bertz CT molecular complexity index is 1300. The van der Waals surface area contributed by atoms with Gasteiger partial charge in [-0.05, 0) is 42.4 Å². The molecule has 0 spiro atoms. The molecule has 0 radical (unpaired) electrons. The molecule has 0 bridgehead atoms. The standard InChI is InChI=1S/C29H34Cl3NO9Si/c1-28(2,3)43(5,6)42-20-19(38-23(34)17-13-9-7-10-14-17)22(39-24(35)18-15-11-8-12-16-18)26(40-21(20)25(36)37-4)41-27(33)29(30,31)32/h7-16,19-22,26,33H,1-6H3/t19-,20-,21-,22+,26+/m0/s1. The largest absolute Gasteiger partial charge is 0.467 e. The van der Waals surface area contributed by atoms with E-state index >= 15 is 0 Å². The van der Waals surface area contributed by atoms with Crippen LogP contribution in [0.5, 0.6) is 0 Å². The van der Waals surface area contributed by atoms with Gasteiger partial charge >= 0.3 is 17.9 Å². The van der Waals surface area contributed by atoms with Crippen LogP contribution in [0, 0.1) is 5.41 Å². The number of nitrogens with one attached hydrogen (secondary N) is 1. The molecule has 1 aliphatic heterocycles. The molecule has 1 fully saturated rings. The lowest BCUT2D eigenvalue weighted by atomic mass is 9.98. The van der Waals surface area contributed by atoms with Crippen molar-refractivity contribution in [2.24, 2.45) is 0 Å². The molecule has 0 aromatic heterocycles. The summed E-state index contributed by atoms with van der Waals surface area (Å²) in [6.07, 6.45) is -7.79. The lowest BCUT2D eigenvalue weighted by Gasteiger charge is -2.48. The van der Waals surface area contributed by atoms with Gasteiger partial charge < -0.3 is 28.1 Å². The Morgan fingerprint density at radius 3 is 1.67 bits per heavy atom. The number of carbonyl (C=O) groups excluding carboxylic acids is 3. The van der Waals surface area contributed by atoms with Crippen molar-refractivity contribution in [3.63, 3.8) is 0 Å². The van der Waals surface area contributed by atoms with Crippen LogP contribution in [0.4, 0.5) is 0 Å². The highest BCUT2D eigenvalue weighted by Gasteiger charge is 2.58. The van der Waals surface area contributed by atoms with Gasteiger partial charge in [0.1, 0.15) is 6.10 Å². The molecule has 43 heavy (non-hydrogen) atoms. The molecule has 1 N–H and O–H groups in total. The lowest BCUT2D eigenvalue weighted by molar-refractivity contribution is -0.272. The van der Waals surface area contributed by atoms with E-state index in [2.05, 4.69) is 0 Å². The van der Waals surface area contributed by atoms with E-state index in [1.165, 1.54) is 24.3 Å². The molecule has 2 aromatic carbocycles. The summed E-state index contributed by atoms with van der Waals surface area (Å²) in [7, 11) is -1.61. The Balaban J connectivity index is 2.18. The average Bonchev–Trinajstić information content (AvgIpc) is 2.94. The lowest BCUT2D eigenvalue weighted by Crippen LogP contribution is -2.66. The van der Waals surface area contributed by atoms with Crippen LogP contribution in [0.1, 0.15) is 41.5 Å². The van der Waals surface area contributed by atoms with E-state index in [9.17, 15) is 14.4 Å². The van der Waals surface area contributed by atoms with Crippen LogP contribution in [0.25, 0.3) is 0 Å². The number of hydrogen-bond donors (Lipinski definition) is 1. The molecular formula is C29H34Cl3NO9Si. The Labute approximate surface area is 266 Å². The highest BCUT2D eigenvalue weighted by Crippen LogP contribution is 2.41. The summed E-state index contributed by atoms with van der Waals surface area (Å²) in [5.74, 6) is -3.45. The molecule has 5 atom stereocenters. The number of carbonyl (C=O) groups is 3. The van der Waals surface area contributed by atoms with Gasteiger partial charge in [-0.2, -0.15) is 0 Å². The van der Waals surface area contributed by atoms with Gasteiger partial charge in [0.05, 0.1) is 18.2 Å². The molecule has 3 rings (SSSR count). The van der Waals surface area contributed by atoms with Crippen molar-refractivity contribution in [3.8, 4) is 0 Å². The van der Waals surface area contributed by atoms with Crippen molar-refractivity contribution >= 4 is 66.9 Å². The Hall–Kier alpha value is -2.67. The number of hydrogen-bond acceptors (Lipinski definition) is 10. The maximum absolute atomic E-state index is 13.4. The minimum atomic E-state index is -2.75. The topological polar surface area (TPSA) is 130 Å². The predicted octanol–water partition coefficient (Wildman–Crippen LogP) is 6.09. The van der Waals surface area contributed by atoms with Gasteiger partial charge in [-0.1, -0.05) is 92.0 Å². The van der Waals surface area contributed by atoms with Crippen LogP contribution in [-0.4, -0.2) is 73.7 Å². The van der Waals surface area contributed by atoms with Crippen molar-refractivity contribution in [2.75, 3.05) is 7.11 Å². The molecular weight excluding hydrogens is 641 g/mol. The summed E-state index contributed by atoms with van der Waals surface area (Å²) in [4.78, 5) is 39.9. The summed E-state index contributed by atoms with van der Waals surface area (Å²) in [6, 6.07) is 16.1. The minimum Gasteiger partial charge on any atom is -0.467 e. The first-order valence-corrected chi connectivity index (χ1v) is 17.3. The first-order valence-electron chi connectivity index (χ1n) is 13.2. The van der Waals surface area contributed by atoms with Gasteiger partial charge in [0.25, 0.3) is 3.79 Å². The van der Waals surface area contributed by atoms with Crippen molar-refractivity contribution in [1.82, 2.24) is 0 Å². The fraction of sp³-hybridized carbons (Fsp3) is 0.448. The highest BCUT2D eigenvalue weighted by molar-refractivity contribution is 6.76. The third-order valence-electron chi connectivity index (χ3n) is 7.16. The van der Waals surface area contributed by atoms with E-state index in [4.69, 9.17) is 68.3 Å². The molecule has 2 aromatic rings. The van der Waals surface area contributed by atoms with Crippen LogP contribution in [0.2, 0.25) is 18.1 Å². The van der Waals surface area contributed by atoms with Crippen LogP contribution in [0.3, 0.4) is 0 Å². The molecule has 1 saturated heterocycles. The molecule has 1 heterocycles. The molecule has 0 amide bonds. The fourth-order valence-corrected chi connectivity index (χ4v) is 5.26. The normalized spacial score (nSPS) is 22.7. The Morgan fingerprint density at radius 2 is 1.26 bits per heavy atom. The summed E-state index contributed by atoms with van der Waals surface area (Å²) in [5.41, 5.74) is 0.331. The van der Waals surface area contributed by atoms with Gasteiger partial charge in [0.2, 0.25) is 18.3 Å². The zero-order valence-electron chi connectivity index (χ0n) is 24.5. The SMILES string of the molecule is COC(=O)[C@H]1O[C@H](OC(=N)C(Cl)(Cl)Cl)[C@H](OC(=O)c2ccccc2)[C@@H](OC(=O)c2ccccc2)[C@@H]1O[Si](C)(C)C(C)(C)C. The Kier molecular flexibility index (Phi) is 11.3. The second-order valence-electron chi connectivity index (χ2n) is 11.2.